The minimum Gasteiger partial charge on any atom is -0.369 e. The lowest BCUT2D eigenvalue weighted by Gasteiger charge is -2.10. The van der Waals surface area contributed by atoms with Gasteiger partial charge in [0, 0.05) is 12.1 Å². The van der Waals surface area contributed by atoms with Gasteiger partial charge in [0.15, 0.2) is 5.82 Å². The third kappa shape index (κ3) is 2.75. The Kier molecular flexibility index (Phi) is 4.40. The number of nitrogens with zero attached hydrogens (tertiary/aromatic N) is 2. The zero-order valence-electron chi connectivity index (χ0n) is 10.2. The molecule has 0 aliphatic rings. The number of benzene rings is 1. The fraction of sp³-hybridized carbons (Fsp3) is 0.231. The van der Waals surface area contributed by atoms with Crippen molar-refractivity contribution in [1.82, 2.24) is 9.97 Å². The van der Waals surface area contributed by atoms with Crippen LogP contribution in [-0.2, 0) is 0 Å². The van der Waals surface area contributed by atoms with Crippen LogP contribution in [0.5, 0.6) is 0 Å². The molecule has 1 N–H and O–H groups in total. The number of aryl methyl sites for hydroxylation is 1. The van der Waals surface area contributed by atoms with E-state index in [0.29, 0.717) is 10.8 Å². The lowest BCUT2D eigenvalue weighted by molar-refractivity contribution is 1.06. The Morgan fingerprint density at radius 2 is 2.00 bits per heavy atom. The van der Waals surface area contributed by atoms with Crippen molar-refractivity contribution in [3.63, 3.8) is 0 Å². The number of halogens is 2. The summed E-state index contributed by atoms with van der Waals surface area (Å²) < 4.78 is 1.05. The maximum Gasteiger partial charge on any atom is 0.163 e. The molecule has 0 unspecified atom stereocenters. The van der Waals surface area contributed by atoms with Crippen LogP contribution in [0.25, 0.3) is 11.4 Å². The van der Waals surface area contributed by atoms with E-state index in [1.807, 2.05) is 38.1 Å². The molecule has 0 fully saturated rings. The summed E-state index contributed by atoms with van der Waals surface area (Å²) in [6.45, 7) is 4.85. The second-order valence-electron chi connectivity index (χ2n) is 3.81. The van der Waals surface area contributed by atoms with Gasteiger partial charge in [0.1, 0.15) is 5.82 Å². The van der Waals surface area contributed by atoms with Crippen LogP contribution in [0.2, 0.25) is 5.02 Å². The average Bonchev–Trinajstić information content (AvgIpc) is 2.35. The molecule has 0 aliphatic carbocycles. The number of hydrogen-bond acceptors (Lipinski definition) is 3. The summed E-state index contributed by atoms with van der Waals surface area (Å²) in [5.74, 6) is 1.52. The Morgan fingerprint density at radius 3 is 2.67 bits per heavy atom. The van der Waals surface area contributed by atoms with Crippen LogP contribution in [0.15, 0.2) is 24.3 Å². The molecule has 3 nitrogen and oxygen atoms in total. The highest BCUT2D eigenvalue weighted by molar-refractivity contribution is 14.1. The van der Waals surface area contributed by atoms with Crippen LogP contribution in [0.3, 0.4) is 0 Å². The monoisotopic (exact) mass is 373 g/mol. The molecule has 0 saturated carbocycles. The van der Waals surface area contributed by atoms with Crippen LogP contribution in [-0.4, -0.2) is 16.5 Å². The van der Waals surface area contributed by atoms with Gasteiger partial charge in [-0.15, -0.1) is 0 Å². The first kappa shape index (κ1) is 13.5. The van der Waals surface area contributed by atoms with Crippen molar-refractivity contribution >= 4 is 40.0 Å². The molecule has 2 aromatic rings. The fourth-order valence-corrected chi connectivity index (χ4v) is 2.26. The van der Waals surface area contributed by atoms with Gasteiger partial charge in [0.2, 0.25) is 0 Å². The third-order valence-electron chi connectivity index (χ3n) is 2.48. The van der Waals surface area contributed by atoms with Crippen molar-refractivity contribution in [2.75, 3.05) is 11.9 Å². The highest BCUT2D eigenvalue weighted by atomic mass is 127. The zero-order chi connectivity index (χ0) is 13.1. The van der Waals surface area contributed by atoms with Gasteiger partial charge in [-0.25, -0.2) is 9.97 Å². The van der Waals surface area contributed by atoms with Crippen LogP contribution >= 0.6 is 34.2 Å². The second kappa shape index (κ2) is 5.84. The molecule has 94 valence electrons. The molecule has 0 bridgehead atoms. The minimum absolute atomic E-state index is 0.662. The first-order valence-corrected chi connectivity index (χ1v) is 7.12. The van der Waals surface area contributed by atoms with E-state index in [1.165, 1.54) is 0 Å². The zero-order valence-corrected chi connectivity index (χ0v) is 13.1. The first-order valence-electron chi connectivity index (χ1n) is 5.66. The topological polar surface area (TPSA) is 37.8 Å². The summed E-state index contributed by atoms with van der Waals surface area (Å²) >= 11 is 8.43. The smallest absolute Gasteiger partial charge is 0.163 e. The molecular formula is C13H13ClIN3. The summed E-state index contributed by atoms with van der Waals surface area (Å²) in [7, 11) is 0. The minimum atomic E-state index is 0.662. The van der Waals surface area contributed by atoms with Gasteiger partial charge < -0.3 is 5.32 Å². The number of anilines is 1. The lowest BCUT2D eigenvalue weighted by atomic mass is 10.2. The van der Waals surface area contributed by atoms with Gasteiger partial charge in [0.05, 0.1) is 14.3 Å². The van der Waals surface area contributed by atoms with Crippen LogP contribution in [0, 0.1) is 10.5 Å². The van der Waals surface area contributed by atoms with Gasteiger partial charge >= 0.3 is 0 Å². The number of aromatic nitrogens is 2. The maximum atomic E-state index is 6.18. The summed E-state index contributed by atoms with van der Waals surface area (Å²) in [5, 5.41) is 3.91. The van der Waals surface area contributed by atoms with Crippen molar-refractivity contribution < 1.29 is 0 Å². The molecule has 1 heterocycles. The largest absolute Gasteiger partial charge is 0.369 e. The van der Waals surface area contributed by atoms with E-state index in [4.69, 9.17) is 11.6 Å². The molecule has 0 amide bonds. The van der Waals surface area contributed by atoms with Crippen LogP contribution in [0.1, 0.15) is 12.6 Å². The van der Waals surface area contributed by atoms with Crippen molar-refractivity contribution in [2.45, 2.75) is 13.8 Å². The van der Waals surface area contributed by atoms with Gasteiger partial charge in [-0.05, 0) is 48.6 Å². The van der Waals surface area contributed by atoms with Crippen LogP contribution in [0.4, 0.5) is 5.82 Å². The standard InChI is InChI=1S/C13H13ClIN3/c1-3-16-13-11(15)8(2)17-12(18-13)9-6-4-5-7-10(9)14/h4-7H,3H2,1-2H3,(H,16,17,18). The van der Waals surface area contributed by atoms with Gasteiger partial charge in [0.25, 0.3) is 0 Å². The predicted molar refractivity (Wildman–Crippen MR) is 84.1 cm³/mol. The summed E-state index contributed by atoms with van der Waals surface area (Å²) in [6.07, 6.45) is 0. The van der Waals surface area contributed by atoms with Crippen molar-refractivity contribution in [2.24, 2.45) is 0 Å². The molecule has 0 spiro atoms. The lowest BCUT2D eigenvalue weighted by Crippen LogP contribution is -2.06. The Morgan fingerprint density at radius 1 is 1.28 bits per heavy atom. The summed E-state index contributed by atoms with van der Waals surface area (Å²) in [6, 6.07) is 7.61. The molecular weight excluding hydrogens is 361 g/mol. The normalized spacial score (nSPS) is 10.4. The number of hydrogen-bond donors (Lipinski definition) is 1. The Labute approximate surface area is 125 Å². The molecule has 2 rings (SSSR count). The first-order chi connectivity index (χ1) is 8.63. The molecule has 18 heavy (non-hydrogen) atoms. The Bertz CT molecular complexity index is 572. The van der Waals surface area contributed by atoms with E-state index in [2.05, 4.69) is 37.9 Å². The summed E-state index contributed by atoms with van der Waals surface area (Å²) in [4.78, 5) is 9.04. The Hall–Kier alpha value is -0.880. The van der Waals surface area contributed by atoms with E-state index in [-0.39, 0.29) is 0 Å². The van der Waals surface area contributed by atoms with Crippen molar-refractivity contribution in [3.8, 4) is 11.4 Å². The van der Waals surface area contributed by atoms with E-state index < -0.39 is 0 Å². The van der Waals surface area contributed by atoms with Crippen molar-refractivity contribution in [1.29, 1.82) is 0 Å². The fourth-order valence-electron chi connectivity index (χ4n) is 1.61. The summed E-state index contributed by atoms with van der Waals surface area (Å²) in [5.41, 5.74) is 1.81. The van der Waals surface area contributed by atoms with E-state index >= 15 is 0 Å². The quantitative estimate of drug-likeness (QED) is 0.822. The predicted octanol–water partition coefficient (Wildman–Crippen LogP) is 4.14. The Balaban J connectivity index is 2.56. The SMILES string of the molecule is CCNc1nc(-c2ccccc2Cl)nc(C)c1I. The molecule has 0 atom stereocenters. The maximum absolute atomic E-state index is 6.18. The van der Waals surface area contributed by atoms with Crippen molar-refractivity contribution in [3.05, 3.63) is 38.6 Å². The average molecular weight is 374 g/mol. The molecule has 0 saturated heterocycles. The molecule has 0 radical (unpaired) electrons. The highest BCUT2D eigenvalue weighted by Crippen LogP contribution is 2.28. The molecule has 0 aliphatic heterocycles. The molecule has 1 aromatic carbocycles. The van der Waals surface area contributed by atoms with E-state index in [9.17, 15) is 0 Å². The molecule has 5 heteroatoms. The van der Waals surface area contributed by atoms with Gasteiger partial charge in [-0.3, -0.25) is 0 Å². The van der Waals surface area contributed by atoms with E-state index in [1.54, 1.807) is 0 Å². The third-order valence-corrected chi connectivity index (χ3v) is 4.10. The number of rotatable bonds is 3. The van der Waals surface area contributed by atoms with Gasteiger partial charge in [-0.2, -0.15) is 0 Å². The van der Waals surface area contributed by atoms with Crippen LogP contribution < -0.4 is 5.32 Å². The van der Waals surface area contributed by atoms with Gasteiger partial charge in [-0.1, -0.05) is 23.7 Å². The second-order valence-corrected chi connectivity index (χ2v) is 5.29. The molecule has 1 aromatic heterocycles. The number of nitrogens with one attached hydrogen (secondary N) is 1. The highest BCUT2D eigenvalue weighted by Gasteiger charge is 2.12. The van der Waals surface area contributed by atoms with E-state index in [0.717, 1.165) is 27.2 Å².